The quantitative estimate of drug-likeness (QED) is 0.766. The fourth-order valence-corrected chi connectivity index (χ4v) is 2.41. The molecule has 0 saturated carbocycles. The van der Waals surface area contributed by atoms with E-state index in [-0.39, 0.29) is 0 Å². The summed E-state index contributed by atoms with van der Waals surface area (Å²) in [5.74, 6) is 1.34. The standard InChI is InChI=1S/C13H20N2.C2H6/c1-9(2)12-8-15(10(3)4)13-5-6-14-7-11(12)13;1-2/h5-7,9-10,12H,8H2,1-4H3;1-2H3. The van der Waals surface area contributed by atoms with Gasteiger partial charge in [0.2, 0.25) is 0 Å². The van der Waals surface area contributed by atoms with Crippen LogP contribution in [0.25, 0.3) is 0 Å². The summed E-state index contributed by atoms with van der Waals surface area (Å²) in [6.07, 6.45) is 3.94. The van der Waals surface area contributed by atoms with E-state index in [1.54, 1.807) is 0 Å². The highest BCUT2D eigenvalue weighted by Gasteiger charge is 2.31. The second-order valence-corrected chi connectivity index (χ2v) is 5.03. The molecule has 1 aliphatic heterocycles. The molecule has 17 heavy (non-hydrogen) atoms. The van der Waals surface area contributed by atoms with Crippen LogP contribution < -0.4 is 4.90 Å². The van der Waals surface area contributed by atoms with Crippen molar-refractivity contribution in [2.45, 2.75) is 53.5 Å². The van der Waals surface area contributed by atoms with Crippen LogP contribution in [0.2, 0.25) is 0 Å². The Morgan fingerprint density at radius 1 is 1.24 bits per heavy atom. The first-order valence-corrected chi connectivity index (χ1v) is 6.81. The maximum Gasteiger partial charge on any atom is 0.0435 e. The zero-order chi connectivity index (χ0) is 13.0. The first kappa shape index (κ1) is 14.0. The van der Waals surface area contributed by atoms with Crippen molar-refractivity contribution in [3.63, 3.8) is 0 Å². The average Bonchev–Trinajstić information content (AvgIpc) is 2.71. The van der Waals surface area contributed by atoms with Crippen molar-refractivity contribution < 1.29 is 0 Å². The molecule has 1 aliphatic rings. The van der Waals surface area contributed by atoms with E-state index >= 15 is 0 Å². The molecule has 2 nitrogen and oxygen atoms in total. The lowest BCUT2D eigenvalue weighted by molar-refractivity contribution is 0.504. The Morgan fingerprint density at radius 3 is 2.41 bits per heavy atom. The number of anilines is 1. The second kappa shape index (κ2) is 6.04. The molecule has 0 radical (unpaired) electrons. The van der Waals surface area contributed by atoms with E-state index < -0.39 is 0 Å². The van der Waals surface area contributed by atoms with Crippen LogP contribution >= 0.6 is 0 Å². The van der Waals surface area contributed by atoms with Gasteiger partial charge in [-0.05, 0) is 31.4 Å². The molecule has 0 N–H and O–H groups in total. The molecule has 1 aromatic heterocycles. The summed E-state index contributed by atoms with van der Waals surface area (Å²) in [5.41, 5.74) is 2.82. The highest BCUT2D eigenvalue weighted by atomic mass is 15.2. The normalized spacial score (nSPS) is 18.1. The molecule has 0 amide bonds. The van der Waals surface area contributed by atoms with E-state index in [0.717, 1.165) is 6.54 Å². The van der Waals surface area contributed by atoms with E-state index in [4.69, 9.17) is 0 Å². The number of hydrogen-bond acceptors (Lipinski definition) is 2. The van der Waals surface area contributed by atoms with Gasteiger partial charge < -0.3 is 4.90 Å². The van der Waals surface area contributed by atoms with Crippen LogP contribution in [0.1, 0.15) is 53.0 Å². The molecule has 0 spiro atoms. The molecule has 1 atom stereocenters. The van der Waals surface area contributed by atoms with Crippen LogP contribution in [0.4, 0.5) is 5.69 Å². The Balaban J connectivity index is 0.000000686. The van der Waals surface area contributed by atoms with Gasteiger partial charge >= 0.3 is 0 Å². The number of aromatic nitrogens is 1. The summed E-state index contributed by atoms with van der Waals surface area (Å²) in [5, 5.41) is 0. The van der Waals surface area contributed by atoms with Crippen molar-refractivity contribution in [1.29, 1.82) is 0 Å². The lowest BCUT2D eigenvalue weighted by atomic mass is 9.91. The van der Waals surface area contributed by atoms with Crippen molar-refractivity contribution in [1.82, 2.24) is 4.98 Å². The predicted molar refractivity (Wildman–Crippen MR) is 75.6 cm³/mol. The largest absolute Gasteiger partial charge is 0.368 e. The molecule has 0 fully saturated rings. The lowest BCUT2D eigenvalue weighted by Gasteiger charge is -2.25. The Hall–Kier alpha value is -1.05. The monoisotopic (exact) mass is 234 g/mol. The molecule has 1 aromatic rings. The molecule has 2 heterocycles. The van der Waals surface area contributed by atoms with Crippen LogP contribution in [0.3, 0.4) is 0 Å². The Kier molecular flexibility index (Phi) is 4.98. The van der Waals surface area contributed by atoms with Gasteiger partial charge in [-0.1, -0.05) is 27.7 Å². The maximum atomic E-state index is 4.26. The summed E-state index contributed by atoms with van der Waals surface area (Å²) in [6, 6.07) is 2.73. The Bertz CT molecular complexity index is 312. The summed E-state index contributed by atoms with van der Waals surface area (Å²) in [7, 11) is 0. The van der Waals surface area contributed by atoms with Crippen LogP contribution in [-0.4, -0.2) is 17.6 Å². The molecule has 0 bridgehead atoms. The van der Waals surface area contributed by atoms with E-state index in [1.807, 2.05) is 26.2 Å². The Labute approximate surface area is 106 Å². The summed E-state index contributed by atoms with van der Waals surface area (Å²) in [4.78, 5) is 6.74. The molecular weight excluding hydrogens is 208 g/mol. The first-order valence-electron chi connectivity index (χ1n) is 6.81. The zero-order valence-electron chi connectivity index (χ0n) is 12.1. The van der Waals surface area contributed by atoms with E-state index in [1.165, 1.54) is 11.3 Å². The summed E-state index contributed by atoms with van der Waals surface area (Å²) < 4.78 is 0. The third-order valence-corrected chi connectivity index (χ3v) is 3.36. The SMILES string of the molecule is CC.CC(C)C1CN(C(C)C)c2ccncc21. The predicted octanol–water partition coefficient (Wildman–Crippen LogP) is 4.08. The minimum atomic E-state index is 0.579. The van der Waals surface area contributed by atoms with Gasteiger partial charge in [0.25, 0.3) is 0 Å². The van der Waals surface area contributed by atoms with Gasteiger partial charge in [-0.3, -0.25) is 4.98 Å². The highest BCUT2D eigenvalue weighted by Crippen LogP contribution is 2.40. The summed E-state index contributed by atoms with van der Waals surface area (Å²) >= 11 is 0. The van der Waals surface area contributed by atoms with E-state index in [0.29, 0.717) is 17.9 Å². The van der Waals surface area contributed by atoms with Crippen molar-refractivity contribution in [3.8, 4) is 0 Å². The van der Waals surface area contributed by atoms with E-state index in [2.05, 4.69) is 43.6 Å². The van der Waals surface area contributed by atoms with Gasteiger partial charge in [0.05, 0.1) is 0 Å². The third kappa shape index (κ3) is 2.80. The molecular formula is C15H26N2. The number of rotatable bonds is 2. The van der Waals surface area contributed by atoms with Crippen LogP contribution in [-0.2, 0) is 0 Å². The van der Waals surface area contributed by atoms with Gasteiger partial charge in [0.1, 0.15) is 0 Å². The van der Waals surface area contributed by atoms with Gasteiger partial charge in [-0.2, -0.15) is 0 Å². The van der Waals surface area contributed by atoms with Crippen LogP contribution in [0.15, 0.2) is 18.5 Å². The zero-order valence-corrected chi connectivity index (χ0v) is 12.1. The van der Waals surface area contributed by atoms with Gasteiger partial charge in [-0.25, -0.2) is 0 Å². The van der Waals surface area contributed by atoms with Crippen LogP contribution in [0, 0.1) is 5.92 Å². The number of pyridine rings is 1. The molecule has 96 valence electrons. The Morgan fingerprint density at radius 2 is 1.88 bits per heavy atom. The maximum absolute atomic E-state index is 4.26. The number of nitrogens with zero attached hydrogens (tertiary/aromatic N) is 2. The van der Waals surface area contributed by atoms with E-state index in [9.17, 15) is 0 Å². The molecule has 2 heteroatoms. The third-order valence-electron chi connectivity index (χ3n) is 3.36. The highest BCUT2D eigenvalue weighted by molar-refractivity contribution is 5.59. The number of hydrogen-bond donors (Lipinski definition) is 0. The lowest BCUT2D eigenvalue weighted by Crippen LogP contribution is -2.30. The average molecular weight is 234 g/mol. The minimum absolute atomic E-state index is 0.579. The minimum Gasteiger partial charge on any atom is -0.368 e. The molecule has 0 aromatic carbocycles. The van der Waals surface area contributed by atoms with Crippen molar-refractivity contribution in [3.05, 3.63) is 24.0 Å². The molecule has 2 rings (SSSR count). The second-order valence-electron chi connectivity index (χ2n) is 5.03. The first-order chi connectivity index (χ1) is 8.11. The molecule has 0 saturated heterocycles. The van der Waals surface area contributed by atoms with Crippen LogP contribution in [0.5, 0.6) is 0 Å². The van der Waals surface area contributed by atoms with Crippen molar-refractivity contribution in [2.24, 2.45) is 5.92 Å². The van der Waals surface area contributed by atoms with Crippen molar-refractivity contribution >= 4 is 5.69 Å². The fraction of sp³-hybridized carbons (Fsp3) is 0.667. The fourth-order valence-electron chi connectivity index (χ4n) is 2.41. The topological polar surface area (TPSA) is 16.1 Å². The van der Waals surface area contributed by atoms with Gasteiger partial charge in [0, 0.05) is 36.6 Å². The van der Waals surface area contributed by atoms with Gasteiger partial charge in [0.15, 0.2) is 0 Å². The smallest absolute Gasteiger partial charge is 0.0435 e. The van der Waals surface area contributed by atoms with Gasteiger partial charge in [-0.15, -0.1) is 0 Å². The van der Waals surface area contributed by atoms with Crippen molar-refractivity contribution in [2.75, 3.05) is 11.4 Å². The molecule has 0 aliphatic carbocycles. The molecule has 1 unspecified atom stereocenters. The summed E-state index contributed by atoms with van der Waals surface area (Å²) in [6.45, 7) is 14.3. The number of fused-ring (bicyclic) bond motifs is 1.